The Morgan fingerprint density at radius 2 is 1.84 bits per heavy atom. The number of hydrogen-bond donors (Lipinski definition) is 0. The number of nitrogens with zero attached hydrogens (tertiary/aromatic N) is 1. The number of thioether (sulfide) groups is 1. The summed E-state index contributed by atoms with van der Waals surface area (Å²) in [7, 11) is -3.86. The minimum atomic E-state index is -3.86. The molecule has 3 nitrogen and oxygen atoms in total. The Labute approximate surface area is 155 Å². The second kappa shape index (κ2) is 7.61. The van der Waals surface area contributed by atoms with Crippen molar-refractivity contribution >= 4 is 33.4 Å². The average molecular weight is 404 g/mol. The average Bonchev–Trinajstić information content (AvgIpc) is 2.84. The van der Waals surface area contributed by atoms with Crippen LogP contribution >= 0.6 is 23.4 Å². The fourth-order valence-electron chi connectivity index (χ4n) is 2.76. The van der Waals surface area contributed by atoms with Crippen LogP contribution in [0.3, 0.4) is 0 Å². The van der Waals surface area contributed by atoms with E-state index in [4.69, 9.17) is 11.6 Å². The van der Waals surface area contributed by atoms with Crippen LogP contribution in [0, 0.1) is 11.6 Å². The first-order valence-electron chi connectivity index (χ1n) is 7.71. The molecule has 0 radical (unpaired) electrons. The molecular weight excluding hydrogens is 388 g/mol. The molecule has 0 amide bonds. The SMILES string of the molecule is O=S(=O)(c1ccc(F)c(F)c1)N1CCSC(c2ccccc2Cl)CC1. The zero-order valence-electron chi connectivity index (χ0n) is 13.2. The molecule has 0 spiro atoms. The second-order valence-electron chi connectivity index (χ2n) is 5.65. The summed E-state index contributed by atoms with van der Waals surface area (Å²) in [6, 6.07) is 10.2. The van der Waals surface area contributed by atoms with Gasteiger partial charge in [0.15, 0.2) is 11.6 Å². The second-order valence-corrected chi connectivity index (χ2v) is 9.31. The summed E-state index contributed by atoms with van der Waals surface area (Å²) in [4.78, 5) is -0.229. The number of hydrogen-bond acceptors (Lipinski definition) is 3. The normalized spacial score (nSPS) is 19.6. The van der Waals surface area contributed by atoms with E-state index >= 15 is 0 Å². The van der Waals surface area contributed by atoms with E-state index < -0.39 is 21.7 Å². The minimum Gasteiger partial charge on any atom is -0.207 e. The lowest BCUT2D eigenvalue weighted by molar-refractivity contribution is 0.427. The Balaban J connectivity index is 1.80. The van der Waals surface area contributed by atoms with E-state index in [0.29, 0.717) is 30.3 Å². The highest BCUT2D eigenvalue weighted by molar-refractivity contribution is 7.99. The number of sulfonamides is 1. The van der Waals surface area contributed by atoms with E-state index in [1.165, 1.54) is 4.31 Å². The molecule has 2 aromatic carbocycles. The predicted molar refractivity (Wildman–Crippen MR) is 96.4 cm³/mol. The zero-order chi connectivity index (χ0) is 18.0. The van der Waals surface area contributed by atoms with Crippen LogP contribution in [-0.4, -0.2) is 31.6 Å². The zero-order valence-corrected chi connectivity index (χ0v) is 15.6. The van der Waals surface area contributed by atoms with E-state index in [2.05, 4.69) is 0 Å². The monoisotopic (exact) mass is 403 g/mol. The molecule has 1 unspecified atom stereocenters. The van der Waals surface area contributed by atoms with E-state index in [0.717, 1.165) is 23.8 Å². The topological polar surface area (TPSA) is 37.4 Å². The summed E-state index contributed by atoms with van der Waals surface area (Å²) in [5, 5.41) is 0.760. The summed E-state index contributed by atoms with van der Waals surface area (Å²) in [6.07, 6.45) is 0.595. The minimum absolute atomic E-state index is 0.0962. The lowest BCUT2D eigenvalue weighted by atomic mass is 10.1. The first-order valence-corrected chi connectivity index (χ1v) is 10.6. The maximum absolute atomic E-state index is 13.4. The molecule has 25 heavy (non-hydrogen) atoms. The molecule has 0 saturated carbocycles. The molecule has 1 aliphatic rings. The van der Waals surface area contributed by atoms with Crippen molar-refractivity contribution in [2.45, 2.75) is 16.6 Å². The van der Waals surface area contributed by atoms with Crippen LogP contribution in [0.25, 0.3) is 0 Å². The van der Waals surface area contributed by atoms with Crippen molar-refractivity contribution in [3.05, 3.63) is 64.7 Å². The third-order valence-corrected chi connectivity index (χ3v) is 7.63. The Kier molecular flexibility index (Phi) is 5.68. The van der Waals surface area contributed by atoms with Crippen LogP contribution in [0.5, 0.6) is 0 Å². The Morgan fingerprint density at radius 3 is 2.56 bits per heavy atom. The molecule has 1 heterocycles. The van der Waals surface area contributed by atoms with E-state index in [1.807, 2.05) is 24.3 Å². The maximum Gasteiger partial charge on any atom is 0.243 e. The molecule has 0 aliphatic carbocycles. The van der Waals surface area contributed by atoms with Gasteiger partial charge in [0.25, 0.3) is 0 Å². The maximum atomic E-state index is 13.4. The van der Waals surface area contributed by atoms with Crippen LogP contribution in [0.1, 0.15) is 17.2 Å². The van der Waals surface area contributed by atoms with Crippen molar-refractivity contribution in [3.63, 3.8) is 0 Å². The largest absolute Gasteiger partial charge is 0.243 e. The van der Waals surface area contributed by atoms with Gasteiger partial charge in [0.2, 0.25) is 10.0 Å². The van der Waals surface area contributed by atoms with Gasteiger partial charge in [-0.25, -0.2) is 17.2 Å². The third kappa shape index (κ3) is 4.00. The van der Waals surface area contributed by atoms with E-state index in [9.17, 15) is 17.2 Å². The molecule has 134 valence electrons. The Morgan fingerprint density at radius 1 is 1.08 bits per heavy atom. The first kappa shape index (κ1) is 18.6. The summed E-state index contributed by atoms with van der Waals surface area (Å²) in [5.74, 6) is -1.64. The summed E-state index contributed by atoms with van der Waals surface area (Å²) in [6.45, 7) is 0.608. The molecule has 3 rings (SSSR count). The van der Waals surface area contributed by atoms with E-state index in [-0.39, 0.29) is 10.1 Å². The lowest BCUT2D eigenvalue weighted by Gasteiger charge is -2.20. The van der Waals surface area contributed by atoms with Gasteiger partial charge in [0, 0.05) is 29.1 Å². The van der Waals surface area contributed by atoms with Crippen molar-refractivity contribution in [2.75, 3.05) is 18.8 Å². The van der Waals surface area contributed by atoms with Crippen molar-refractivity contribution in [1.29, 1.82) is 0 Å². The van der Waals surface area contributed by atoms with Gasteiger partial charge < -0.3 is 0 Å². The fraction of sp³-hybridized carbons (Fsp3) is 0.294. The molecule has 8 heteroatoms. The highest BCUT2D eigenvalue weighted by Crippen LogP contribution is 2.38. The summed E-state index contributed by atoms with van der Waals surface area (Å²) < 4.78 is 53.2. The third-order valence-electron chi connectivity index (χ3n) is 4.08. The smallest absolute Gasteiger partial charge is 0.207 e. The van der Waals surface area contributed by atoms with Gasteiger partial charge >= 0.3 is 0 Å². The Bertz CT molecular complexity index is 877. The van der Waals surface area contributed by atoms with Gasteiger partial charge in [-0.2, -0.15) is 16.1 Å². The first-order chi connectivity index (χ1) is 11.9. The molecule has 0 N–H and O–H groups in total. The van der Waals surface area contributed by atoms with Crippen LogP contribution in [0.15, 0.2) is 47.4 Å². The van der Waals surface area contributed by atoms with Gasteiger partial charge in [0.1, 0.15) is 0 Å². The van der Waals surface area contributed by atoms with Crippen molar-refractivity contribution < 1.29 is 17.2 Å². The molecule has 0 bridgehead atoms. The van der Waals surface area contributed by atoms with Gasteiger partial charge in [-0.05, 0) is 36.2 Å². The quantitative estimate of drug-likeness (QED) is 0.757. The molecule has 1 atom stereocenters. The van der Waals surface area contributed by atoms with Crippen LogP contribution in [0.2, 0.25) is 5.02 Å². The highest BCUT2D eigenvalue weighted by atomic mass is 35.5. The van der Waals surface area contributed by atoms with Crippen LogP contribution < -0.4 is 0 Å². The van der Waals surface area contributed by atoms with Gasteiger partial charge in [-0.3, -0.25) is 0 Å². The summed E-state index contributed by atoms with van der Waals surface area (Å²) in [5.41, 5.74) is 0.987. The molecular formula is C17H16ClF2NO2S2. The van der Waals surface area contributed by atoms with Gasteiger partial charge in [0.05, 0.1) is 4.90 Å². The molecule has 1 aliphatic heterocycles. The van der Waals surface area contributed by atoms with Crippen LogP contribution in [0.4, 0.5) is 8.78 Å². The predicted octanol–water partition coefficient (Wildman–Crippen LogP) is 4.49. The number of halogens is 3. The number of benzene rings is 2. The standard InChI is InChI=1S/C17H16ClF2NO2S2/c18-14-4-2-1-3-13(14)17-7-8-21(9-10-24-17)25(22,23)12-5-6-15(19)16(20)11-12/h1-6,11,17H,7-10H2. The molecule has 2 aromatic rings. The van der Waals surface area contributed by atoms with Gasteiger partial charge in [-0.1, -0.05) is 29.8 Å². The molecule has 1 fully saturated rings. The molecule has 1 saturated heterocycles. The van der Waals surface area contributed by atoms with Gasteiger partial charge in [-0.15, -0.1) is 0 Å². The lowest BCUT2D eigenvalue weighted by Crippen LogP contribution is -2.33. The number of rotatable bonds is 3. The van der Waals surface area contributed by atoms with Crippen molar-refractivity contribution in [2.24, 2.45) is 0 Å². The molecule has 0 aromatic heterocycles. The highest BCUT2D eigenvalue weighted by Gasteiger charge is 2.29. The van der Waals surface area contributed by atoms with Crippen molar-refractivity contribution in [1.82, 2.24) is 4.31 Å². The van der Waals surface area contributed by atoms with E-state index in [1.54, 1.807) is 11.8 Å². The van der Waals surface area contributed by atoms with Crippen molar-refractivity contribution in [3.8, 4) is 0 Å². The Hall–Kier alpha value is -1.15. The summed E-state index contributed by atoms with van der Waals surface area (Å²) >= 11 is 7.89. The van der Waals surface area contributed by atoms with Crippen LogP contribution in [-0.2, 0) is 10.0 Å². The fourth-order valence-corrected chi connectivity index (χ4v) is 5.94.